The maximum Gasteiger partial charge on any atom is 0.333 e. The Balaban J connectivity index is 1.83. The number of alkyl halides is 2. The van der Waals surface area contributed by atoms with Gasteiger partial charge in [-0.1, -0.05) is 12.1 Å². The number of benzene rings is 2. The summed E-state index contributed by atoms with van der Waals surface area (Å²) in [5.41, 5.74) is 0.561. The number of rotatable bonds is 4. The lowest BCUT2D eigenvalue weighted by Gasteiger charge is -2.08. The van der Waals surface area contributed by atoms with Gasteiger partial charge in [-0.05, 0) is 36.8 Å². The van der Waals surface area contributed by atoms with Gasteiger partial charge in [0.2, 0.25) is 0 Å². The van der Waals surface area contributed by atoms with E-state index in [1.807, 2.05) is 0 Å². The minimum atomic E-state index is -2.77. The summed E-state index contributed by atoms with van der Waals surface area (Å²) in [6.45, 7) is -1.20. The molecule has 27 heavy (non-hydrogen) atoms. The molecule has 0 radical (unpaired) electrons. The van der Waals surface area contributed by atoms with Crippen molar-refractivity contribution in [2.24, 2.45) is 0 Å². The predicted molar refractivity (Wildman–Crippen MR) is 87.9 cm³/mol. The van der Waals surface area contributed by atoms with Gasteiger partial charge in [0.05, 0.1) is 5.69 Å². The highest BCUT2D eigenvalue weighted by Gasteiger charge is 2.21. The van der Waals surface area contributed by atoms with Crippen LogP contribution in [0.3, 0.4) is 0 Å². The lowest BCUT2D eigenvalue weighted by atomic mass is 10.1. The third-order valence-electron chi connectivity index (χ3n) is 3.84. The number of carbonyl (C=O) groups excluding carboxylic acids is 1. The van der Waals surface area contributed by atoms with E-state index in [1.54, 1.807) is 6.92 Å². The van der Waals surface area contributed by atoms with E-state index in [9.17, 15) is 26.7 Å². The Hall–Kier alpha value is -3.23. The SMILES string of the molecule is Cc1nn(C(F)F)cc1-c1ccc(NC(=O)c2c(F)ccc(F)c2F)cc1. The molecule has 1 amide bonds. The van der Waals surface area contributed by atoms with Gasteiger partial charge in [0.1, 0.15) is 11.4 Å². The van der Waals surface area contributed by atoms with E-state index in [-0.39, 0.29) is 5.69 Å². The molecule has 0 spiro atoms. The number of hydrogen-bond donors (Lipinski definition) is 1. The average molecular weight is 381 g/mol. The molecular weight excluding hydrogens is 369 g/mol. The van der Waals surface area contributed by atoms with Crippen LogP contribution in [-0.2, 0) is 0 Å². The normalized spacial score (nSPS) is 11.1. The van der Waals surface area contributed by atoms with E-state index in [4.69, 9.17) is 0 Å². The zero-order valence-electron chi connectivity index (χ0n) is 13.8. The van der Waals surface area contributed by atoms with Crippen molar-refractivity contribution in [1.29, 1.82) is 0 Å². The molecule has 0 atom stereocenters. The summed E-state index contributed by atoms with van der Waals surface area (Å²) in [5.74, 6) is -5.28. The van der Waals surface area contributed by atoms with Crippen molar-refractivity contribution in [2.45, 2.75) is 13.5 Å². The van der Waals surface area contributed by atoms with Crippen LogP contribution in [-0.4, -0.2) is 15.7 Å². The van der Waals surface area contributed by atoms with Crippen LogP contribution in [0.5, 0.6) is 0 Å². The van der Waals surface area contributed by atoms with Crippen LogP contribution >= 0.6 is 0 Å². The van der Waals surface area contributed by atoms with E-state index in [2.05, 4.69) is 10.4 Å². The molecule has 0 aliphatic carbocycles. The highest BCUT2D eigenvalue weighted by atomic mass is 19.3. The lowest BCUT2D eigenvalue weighted by molar-refractivity contribution is 0.0563. The summed E-state index contributed by atoms with van der Waals surface area (Å²) in [7, 11) is 0. The van der Waals surface area contributed by atoms with Crippen LogP contribution in [0.25, 0.3) is 11.1 Å². The van der Waals surface area contributed by atoms with Crippen LogP contribution in [0.2, 0.25) is 0 Å². The predicted octanol–water partition coefficient (Wildman–Crippen LogP) is 4.92. The summed E-state index contributed by atoms with van der Waals surface area (Å²) < 4.78 is 66.5. The van der Waals surface area contributed by atoms with Crippen LogP contribution in [0.4, 0.5) is 27.6 Å². The Morgan fingerprint density at radius 3 is 2.26 bits per heavy atom. The summed E-state index contributed by atoms with van der Waals surface area (Å²) in [4.78, 5) is 12.0. The first kappa shape index (κ1) is 18.6. The molecule has 0 bridgehead atoms. The highest BCUT2D eigenvalue weighted by molar-refractivity contribution is 6.04. The number of anilines is 1. The third-order valence-corrected chi connectivity index (χ3v) is 3.84. The second-order valence-corrected chi connectivity index (χ2v) is 5.64. The molecule has 0 aliphatic rings. The smallest absolute Gasteiger partial charge is 0.322 e. The van der Waals surface area contributed by atoms with Gasteiger partial charge in [-0.3, -0.25) is 4.79 Å². The van der Waals surface area contributed by atoms with Gasteiger partial charge in [0.15, 0.2) is 11.6 Å². The molecule has 0 saturated heterocycles. The Morgan fingerprint density at radius 1 is 1.04 bits per heavy atom. The molecule has 4 nitrogen and oxygen atoms in total. The largest absolute Gasteiger partial charge is 0.333 e. The van der Waals surface area contributed by atoms with Crippen molar-refractivity contribution < 1.29 is 26.7 Å². The monoisotopic (exact) mass is 381 g/mol. The maximum atomic E-state index is 13.7. The number of halogens is 5. The van der Waals surface area contributed by atoms with Gasteiger partial charge in [0.25, 0.3) is 5.91 Å². The quantitative estimate of drug-likeness (QED) is 0.515. The minimum absolute atomic E-state index is 0.186. The molecule has 9 heteroatoms. The lowest BCUT2D eigenvalue weighted by Crippen LogP contribution is -2.16. The Labute approximate surface area is 150 Å². The second-order valence-electron chi connectivity index (χ2n) is 5.64. The Kier molecular flexibility index (Phi) is 4.93. The summed E-state index contributed by atoms with van der Waals surface area (Å²) in [6, 6.07) is 7.11. The second kappa shape index (κ2) is 7.18. The van der Waals surface area contributed by atoms with E-state index in [0.717, 1.165) is 0 Å². The molecule has 1 heterocycles. The van der Waals surface area contributed by atoms with Crippen LogP contribution in [0, 0.1) is 24.4 Å². The Morgan fingerprint density at radius 2 is 1.67 bits per heavy atom. The van der Waals surface area contributed by atoms with Crippen molar-refractivity contribution in [2.75, 3.05) is 5.32 Å². The zero-order chi connectivity index (χ0) is 19.7. The van der Waals surface area contributed by atoms with Gasteiger partial charge < -0.3 is 5.32 Å². The molecule has 3 aromatic rings. The van der Waals surface area contributed by atoms with Gasteiger partial charge in [-0.2, -0.15) is 13.9 Å². The van der Waals surface area contributed by atoms with Gasteiger partial charge in [-0.15, -0.1) is 0 Å². The number of amides is 1. The number of aromatic nitrogens is 2. The number of hydrogen-bond acceptors (Lipinski definition) is 2. The highest BCUT2D eigenvalue weighted by Crippen LogP contribution is 2.26. The van der Waals surface area contributed by atoms with E-state index >= 15 is 0 Å². The molecule has 1 N–H and O–H groups in total. The van der Waals surface area contributed by atoms with Crippen LogP contribution < -0.4 is 5.32 Å². The standard InChI is InChI=1S/C18H12F5N3O/c1-9-12(8-26(25-9)18(22)23)10-2-4-11(5-3-10)24-17(27)15-13(19)6-7-14(20)16(15)21/h2-8,18H,1H3,(H,24,27). The van der Waals surface area contributed by atoms with Crippen molar-refractivity contribution in [3.63, 3.8) is 0 Å². The fourth-order valence-corrected chi connectivity index (χ4v) is 2.53. The topological polar surface area (TPSA) is 46.9 Å². The molecule has 2 aromatic carbocycles. The maximum absolute atomic E-state index is 13.7. The van der Waals surface area contributed by atoms with Crippen molar-refractivity contribution >= 4 is 11.6 Å². The van der Waals surface area contributed by atoms with Gasteiger partial charge >= 0.3 is 6.55 Å². The Bertz CT molecular complexity index is 999. The number of carbonyl (C=O) groups is 1. The molecular formula is C18H12F5N3O. The molecule has 3 rings (SSSR count). The number of nitrogens with one attached hydrogen (secondary N) is 1. The van der Waals surface area contributed by atoms with Gasteiger partial charge in [-0.25, -0.2) is 17.9 Å². The van der Waals surface area contributed by atoms with Gasteiger partial charge in [0, 0.05) is 17.4 Å². The number of nitrogens with zero attached hydrogens (tertiary/aromatic N) is 2. The summed E-state index contributed by atoms with van der Waals surface area (Å²) in [5, 5.41) is 5.96. The van der Waals surface area contributed by atoms with Crippen molar-refractivity contribution in [1.82, 2.24) is 9.78 Å². The van der Waals surface area contributed by atoms with Crippen molar-refractivity contribution in [3.8, 4) is 11.1 Å². The fraction of sp³-hybridized carbons (Fsp3) is 0.111. The summed E-state index contributed by atoms with van der Waals surface area (Å²) in [6.07, 6.45) is 1.19. The molecule has 0 aliphatic heterocycles. The van der Waals surface area contributed by atoms with Crippen molar-refractivity contribution in [3.05, 3.63) is 71.3 Å². The molecule has 0 fully saturated rings. The zero-order valence-corrected chi connectivity index (χ0v) is 13.8. The average Bonchev–Trinajstić information content (AvgIpc) is 3.01. The minimum Gasteiger partial charge on any atom is -0.322 e. The molecule has 0 unspecified atom stereocenters. The molecule has 0 saturated carbocycles. The third kappa shape index (κ3) is 3.67. The molecule has 1 aromatic heterocycles. The number of aryl methyl sites for hydroxylation is 1. The van der Waals surface area contributed by atoms with E-state index in [1.165, 1.54) is 30.5 Å². The molecule has 140 valence electrons. The first-order chi connectivity index (χ1) is 12.8. The first-order valence-corrected chi connectivity index (χ1v) is 7.67. The fourth-order valence-electron chi connectivity index (χ4n) is 2.53. The first-order valence-electron chi connectivity index (χ1n) is 7.67. The van der Waals surface area contributed by atoms with E-state index < -0.39 is 35.5 Å². The van der Waals surface area contributed by atoms with Crippen LogP contribution in [0.15, 0.2) is 42.6 Å². The van der Waals surface area contributed by atoms with E-state index in [0.29, 0.717) is 33.6 Å². The van der Waals surface area contributed by atoms with Crippen LogP contribution in [0.1, 0.15) is 22.6 Å². The summed E-state index contributed by atoms with van der Waals surface area (Å²) >= 11 is 0.